The molecule has 1 saturated heterocycles. The Kier molecular flexibility index (Phi) is 4.48. The highest BCUT2D eigenvalue weighted by atomic mass is 32.2. The van der Waals surface area contributed by atoms with Crippen molar-refractivity contribution in [3.8, 4) is 0 Å². The number of thioether (sulfide) groups is 1. The number of rotatable bonds is 4. The minimum atomic E-state index is 0.598. The summed E-state index contributed by atoms with van der Waals surface area (Å²) in [5, 5.41) is 4.14. The minimum Gasteiger partial charge on any atom is -0.383 e. The highest BCUT2D eigenvalue weighted by molar-refractivity contribution is 7.99. The van der Waals surface area contributed by atoms with Crippen molar-refractivity contribution in [1.29, 1.82) is 0 Å². The lowest BCUT2D eigenvalue weighted by molar-refractivity contribution is 0.676. The summed E-state index contributed by atoms with van der Waals surface area (Å²) in [5.74, 6) is 2.80. The van der Waals surface area contributed by atoms with Crippen LogP contribution in [0.5, 0.6) is 0 Å². The molecule has 3 N–H and O–H groups in total. The Bertz CT molecular complexity index is 364. The van der Waals surface area contributed by atoms with E-state index in [-0.39, 0.29) is 0 Å². The lowest BCUT2D eigenvalue weighted by Gasteiger charge is -2.22. The lowest BCUT2D eigenvalue weighted by atomic mass is 10.2. The normalized spacial score (nSPS) is 20.2. The van der Waals surface area contributed by atoms with E-state index in [1.54, 1.807) is 0 Å². The molecule has 1 aliphatic heterocycles. The van der Waals surface area contributed by atoms with Crippen LogP contribution in [0.1, 0.15) is 31.7 Å². The van der Waals surface area contributed by atoms with Crippen LogP contribution in [-0.2, 0) is 6.42 Å². The molecule has 0 amide bonds. The van der Waals surface area contributed by atoms with Gasteiger partial charge in [0.2, 0.25) is 0 Å². The third kappa shape index (κ3) is 3.25. The predicted molar refractivity (Wildman–Crippen MR) is 74.4 cm³/mol. The molecule has 1 atom stereocenters. The number of nitrogens with zero attached hydrogens (tertiary/aromatic N) is 2. The number of nitrogens with one attached hydrogen (secondary N) is 1. The molecule has 4 nitrogen and oxygen atoms in total. The average molecular weight is 252 g/mol. The molecule has 1 aromatic heterocycles. The molecule has 0 saturated carbocycles. The molecule has 2 heterocycles. The van der Waals surface area contributed by atoms with E-state index in [9.17, 15) is 0 Å². The number of nitrogen functional groups attached to an aromatic ring is 1. The van der Waals surface area contributed by atoms with Crippen LogP contribution in [0.15, 0.2) is 6.33 Å². The average Bonchev–Trinajstić information content (AvgIpc) is 2.37. The standard InChI is InChI=1S/C12H20N4S/c1-2-10-11(13)15-8-16-12(10)14-7-9-5-3-4-6-17-9/h8-9H,2-7H2,1H3,(H3,13,14,15,16). The van der Waals surface area contributed by atoms with Crippen LogP contribution in [0.2, 0.25) is 0 Å². The van der Waals surface area contributed by atoms with Crippen LogP contribution in [0.3, 0.4) is 0 Å². The Labute approximate surface area is 107 Å². The van der Waals surface area contributed by atoms with Crippen LogP contribution >= 0.6 is 11.8 Å². The number of nitrogens with two attached hydrogens (primary N) is 1. The monoisotopic (exact) mass is 252 g/mol. The molecule has 1 aliphatic rings. The van der Waals surface area contributed by atoms with E-state index < -0.39 is 0 Å². The van der Waals surface area contributed by atoms with Crippen LogP contribution in [0.25, 0.3) is 0 Å². The molecule has 0 aromatic carbocycles. The maximum Gasteiger partial charge on any atom is 0.134 e. The summed E-state index contributed by atoms with van der Waals surface area (Å²) in [6, 6.07) is 0. The molecular weight excluding hydrogens is 232 g/mol. The Morgan fingerprint density at radius 2 is 2.35 bits per heavy atom. The second kappa shape index (κ2) is 6.10. The molecule has 94 valence electrons. The van der Waals surface area contributed by atoms with Crippen LogP contribution in [-0.4, -0.2) is 27.5 Å². The van der Waals surface area contributed by atoms with Gasteiger partial charge < -0.3 is 11.1 Å². The van der Waals surface area contributed by atoms with Gasteiger partial charge in [-0.2, -0.15) is 11.8 Å². The lowest BCUT2D eigenvalue weighted by Crippen LogP contribution is -2.21. The fourth-order valence-corrected chi connectivity index (χ4v) is 3.34. The molecule has 0 aliphatic carbocycles. The van der Waals surface area contributed by atoms with Crippen LogP contribution in [0.4, 0.5) is 11.6 Å². The molecule has 0 spiro atoms. The van der Waals surface area contributed by atoms with Crippen molar-refractivity contribution in [3.05, 3.63) is 11.9 Å². The van der Waals surface area contributed by atoms with Crippen molar-refractivity contribution in [2.24, 2.45) is 0 Å². The first-order valence-corrected chi connectivity index (χ1v) is 7.31. The van der Waals surface area contributed by atoms with Crippen molar-refractivity contribution in [2.45, 2.75) is 37.9 Å². The van der Waals surface area contributed by atoms with Gasteiger partial charge in [0, 0.05) is 17.4 Å². The first kappa shape index (κ1) is 12.5. The predicted octanol–water partition coefficient (Wildman–Crippen LogP) is 2.32. The second-order valence-electron chi connectivity index (χ2n) is 4.31. The SMILES string of the molecule is CCc1c(N)ncnc1NCC1CCCCS1. The molecule has 17 heavy (non-hydrogen) atoms. The van der Waals surface area contributed by atoms with E-state index in [0.717, 1.165) is 24.3 Å². The van der Waals surface area contributed by atoms with Crippen molar-refractivity contribution < 1.29 is 0 Å². The van der Waals surface area contributed by atoms with E-state index in [0.29, 0.717) is 11.1 Å². The van der Waals surface area contributed by atoms with E-state index in [2.05, 4.69) is 34.0 Å². The molecule has 5 heteroatoms. The molecule has 1 fully saturated rings. The second-order valence-corrected chi connectivity index (χ2v) is 5.72. The highest BCUT2D eigenvalue weighted by Crippen LogP contribution is 2.26. The molecule has 0 bridgehead atoms. The zero-order valence-electron chi connectivity index (χ0n) is 10.3. The van der Waals surface area contributed by atoms with E-state index >= 15 is 0 Å². The van der Waals surface area contributed by atoms with Gasteiger partial charge in [0.15, 0.2) is 0 Å². The summed E-state index contributed by atoms with van der Waals surface area (Å²) in [5.41, 5.74) is 6.88. The Hall–Kier alpha value is -0.970. The van der Waals surface area contributed by atoms with Gasteiger partial charge in [-0.3, -0.25) is 0 Å². The Morgan fingerprint density at radius 3 is 3.06 bits per heavy atom. The summed E-state index contributed by atoms with van der Waals surface area (Å²) < 4.78 is 0. The molecule has 1 unspecified atom stereocenters. The van der Waals surface area contributed by atoms with Crippen LogP contribution < -0.4 is 11.1 Å². The van der Waals surface area contributed by atoms with E-state index in [1.807, 2.05) is 0 Å². The largest absolute Gasteiger partial charge is 0.383 e. The maximum atomic E-state index is 5.84. The van der Waals surface area contributed by atoms with Gasteiger partial charge in [0.25, 0.3) is 0 Å². The number of hydrogen-bond acceptors (Lipinski definition) is 5. The first-order chi connectivity index (χ1) is 8.31. The van der Waals surface area contributed by atoms with Crippen molar-refractivity contribution >= 4 is 23.4 Å². The summed E-state index contributed by atoms with van der Waals surface area (Å²) in [4.78, 5) is 8.31. The fraction of sp³-hybridized carbons (Fsp3) is 0.667. The van der Waals surface area contributed by atoms with Crippen LogP contribution in [0, 0.1) is 0 Å². The summed E-state index contributed by atoms with van der Waals surface area (Å²) >= 11 is 2.06. The smallest absolute Gasteiger partial charge is 0.134 e. The van der Waals surface area contributed by atoms with Crippen molar-refractivity contribution in [1.82, 2.24) is 9.97 Å². The molecule has 2 rings (SSSR count). The van der Waals surface area contributed by atoms with Gasteiger partial charge in [0.05, 0.1) is 0 Å². The van der Waals surface area contributed by atoms with Gasteiger partial charge in [-0.1, -0.05) is 13.3 Å². The summed E-state index contributed by atoms with van der Waals surface area (Å²) in [6.07, 6.45) is 6.42. The molecule has 0 radical (unpaired) electrons. The Balaban J connectivity index is 1.95. The maximum absolute atomic E-state index is 5.84. The molecule has 1 aromatic rings. The minimum absolute atomic E-state index is 0.598. The molecular formula is C12H20N4S. The van der Waals surface area contributed by atoms with E-state index in [1.165, 1.54) is 31.3 Å². The summed E-state index contributed by atoms with van der Waals surface area (Å²) in [6.45, 7) is 3.06. The third-order valence-corrected chi connectivity index (χ3v) is 4.50. The zero-order valence-corrected chi connectivity index (χ0v) is 11.1. The van der Waals surface area contributed by atoms with Gasteiger partial charge in [-0.25, -0.2) is 9.97 Å². The van der Waals surface area contributed by atoms with Gasteiger partial charge >= 0.3 is 0 Å². The quantitative estimate of drug-likeness (QED) is 0.861. The fourth-order valence-electron chi connectivity index (χ4n) is 2.11. The third-order valence-electron chi connectivity index (χ3n) is 3.10. The van der Waals surface area contributed by atoms with Crippen molar-refractivity contribution in [3.63, 3.8) is 0 Å². The first-order valence-electron chi connectivity index (χ1n) is 6.26. The number of aromatic nitrogens is 2. The van der Waals surface area contributed by atoms with Gasteiger partial charge in [-0.05, 0) is 25.0 Å². The Morgan fingerprint density at radius 1 is 1.47 bits per heavy atom. The van der Waals surface area contributed by atoms with E-state index in [4.69, 9.17) is 5.73 Å². The highest BCUT2D eigenvalue weighted by Gasteiger charge is 2.15. The summed E-state index contributed by atoms with van der Waals surface area (Å²) in [7, 11) is 0. The zero-order chi connectivity index (χ0) is 12.1. The van der Waals surface area contributed by atoms with Crippen molar-refractivity contribution in [2.75, 3.05) is 23.3 Å². The number of hydrogen-bond donors (Lipinski definition) is 2. The topological polar surface area (TPSA) is 63.8 Å². The number of anilines is 2. The van der Waals surface area contributed by atoms with Gasteiger partial charge in [0.1, 0.15) is 18.0 Å². The van der Waals surface area contributed by atoms with Gasteiger partial charge in [-0.15, -0.1) is 0 Å².